The minimum Gasteiger partial charge on any atom is -0.480 e. The molecular weight excluding hydrogens is 480 g/mol. The maximum absolute atomic E-state index is 12.2. The molecule has 2 atom stereocenters. The molecule has 0 aromatic heterocycles. The first-order valence-electron chi connectivity index (χ1n) is 14.5. The summed E-state index contributed by atoms with van der Waals surface area (Å²) in [5, 5.41) is 11.8. The van der Waals surface area contributed by atoms with Crippen LogP contribution >= 0.6 is 0 Å². The number of hydrogen-bond donors (Lipinski definition) is 3. The highest BCUT2D eigenvalue weighted by atomic mass is 16.5. The van der Waals surface area contributed by atoms with Gasteiger partial charge in [0.05, 0.1) is 0 Å². The highest BCUT2D eigenvalue weighted by Crippen LogP contribution is 2.14. The molecular formula is C31H52N2O5. The number of allylic oxidation sites excluding steroid dienone is 8. The molecule has 0 aliphatic carbocycles. The van der Waals surface area contributed by atoms with Crippen LogP contribution in [0.25, 0.3) is 0 Å². The van der Waals surface area contributed by atoms with Crippen molar-refractivity contribution in [1.29, 1.82) is 0 Å². The summed E-state index contributed by atoms with van der Waals surface area (Å²) in [6, 6.07) is -0.879. The van der Waals surface area contributed by atoms with Crippen molar-refractivity contribution in [2.24, 2.45) is 5.73 Å². The molecule has 0 aromatic carbocycles. The van der Waals surface area contributed by atoms with Gasteiger partial charge in [0.1, 0.15) is 12.1 Å². The quantitative estimate of drug-likeness (QED) is 0.0737. The van der Waals surface area contributed by atoms with Gasteiger partial charge in [0.15, 0.2) is 0 Å². The Morgan fingerprint density at radius 1 is 0.789 bits per heavy atom. The van der Waals surface area contributed by atoms with Crippen LogP contribution < -0.4 is 11.1 Å². The fourth-order valence-corrected chi connectivity index (χ4v) is 3.81. The van der Waals surface area contributed by atoms with Gasteiger partial charge in [0, 0.05) is 12.8 Å². The van der Waals surface area contributed by atoms with E-state index in [0.29, 0.717) is 45.1 Å². The molecule has 0 rings (SSSR count). The molecule has 216 valence electrons. The van der Waals surface area contributed by atoms with E-state index in [1.54, 1.807) is 0 Å². The highest BCUT2D eigenvalue weighted by Gasteiger charge is 2.19. The monoisotopic (exact) mass is 532 g/mol. The minimum absolute atomic E-state index is 0.0913. The molecule has 0 heterocycles. The highest BCUT2D eigenvalue weighted by molar-refractivity contribution is 5.83. The smallest absolute Gasteiger partial charge is 0.326 e. The number of carboxylic acids is 1. The van der Waals surface area contributed by atoms with Crippen molar-refractivity contribution in [3.63, 3.8) is 0 Å². The first kappa shape index (κ1) is 35.3. The van der Waals surface area contributed by atoms with Crippen molar-refractivity contribution in [2.75, 3.05) is 6.54 Å². The molecule has 7 heteroatoms. The number of esters is 1. The van der Waals surface area contributed by atoms with Crippen molar-refractivity contribution in [3.05, 3.63) is 48.6 Å². The van der Waals surface area contributed by atoms with E-state index in [4.69, 9.17) is 10.5 Å². The van der Waals surface area contributed by atoms with Gasteiger partial charge >= 0.3 is 11.9 Å². The number of hydrogen-bond acceptors (Lipinski definition) is 5. The lowest BCUT2D eigenvalue weighted by atomic mass is 10.0. The van der Waals surface area contributed by atoms with Gasteiger partial charge in [0.2, 0.25) is 5.91 Å². The third-order valence-electron chi connectivity index (χ3n) is 5.90. The largest absolute Gasteiger partial charge is 0.480 e. The molecule has 0 aliphatic heterocycles. The standard InChI is InChI=1S/C31H52N2O5/c1-3-5-6-7-8-9-10-11-12-13-14-15-19-25-30(35)38-27(21-4-2)22-17-16-18-24-29(34)33-28(31(36)37)23-20-26-32/h5-6,8-9,11-12,14-15,27-28H,3-4,7,10,13,16-26,32H2,1-2H3,(H,33,34)(H,36,37)/b6-5-,9-8-,12-11-,15-14-. The molecule has 2 unspecified atom stereocenters. The fraction of sp³-hybridized carbons (Fsp3) is 0.645. The Kier molecular flexibility index (Phi) is 24.1. The average molecular weight is 533 g/mol. The van der Waals surface area contributed by atoms with E-state index in [0.717, 1.165) is 57.8 Å². The van der Waals surface area contributed by atoms with Crippen LogP contribution in [0.5, 0.6) is 0 Å². The molecule has 0 saturated heterocycles. The second kappa shape index (κ2) is 26.0. The number of ether oxygens (including phenoxy) is 1. The fourth-order valence-electron chi connectivity index (χ4n) is 3.81. The maximum Gasteiger partial charge on any atom is 0.326 e. The number of unbranched alkanes of at least 4 members (excludes halogenated alkanes) is 2. The Labute approximate surface area is 230 Å². The molecule has 4 N–H and O–H groups in total. The molecule has 0 fully saturated rings. The lowest BCUT2D eigenvalue weighted by Crippen LogP contribution is -2.40. The van der Waals surface area contributed by atoms with Crippen LogP contribution in [-0.2, 0) is 19.1 Å². The Bertz CT molecular complexity index is 743. The van der Waals surface area contributed by atoms with Gasteiger partial charge in [-0.15, -0.1) is 0 Å². The lowest BCUT2D eigenvalue weighted by molar-refractivity contribution is -0.149. The molecule has 0 aromatic rings. The molecule has 0 saturated carbocycles. The van der Waals surface area contributed by atoms with Crippen molar-refractivity contribution in [2.45, 2.75) is 122 Å². The summed E-state index contributed by atoms with van der Waals surface area (Å²) < 4.78 is 5.69. The van der Waals surface area contributed by atoms with E-state index in [1.165, 1.54) is 0 Å². The topological polar surface area (TPSA) is 119 Å². The number of nitrogens with two attached hydrogens (primary N) is 1. The van der Waals surface area contributed by atoms with E-state index in [-0.39, 0.29) is 18.0 Å². The number of rotatable bonds is 24. The molecule has 0 aliphatic rings. The Hall–Kier alpha value is -2.67. The summed E-state index contributed by atoms with van der Waals surface area (Å²) in [5.74, 6) is -1.44. The van der Waals surface area contributed by atoms with Gasteiger partial charge in [-0.25, -0.2) is 4.79 Å². The number of carbonyl (C=O) groups excluding carboxylic acids is 2. The predicted octanol–water partition coefficient (Wildman–Crippen LogP) is 6.54. The van der Waals surface area contributed by atoms with Crippen molar-refractivity contribution in [3.8, 4) is 0 Å². The Morgan fingerprint density at radius 3 is 2.00 bits per heavy atom. The van der Waals surface area contributed by atoms with Crippen molar-refractivity contribution < 1.29 is 24.2 Å². The van der Waals surface area contributed by atoms with E-state index < -0.39 is 12.0 Å². The van der Waals surface area contributed by atoms with Gasteiger partial charge < -0.3 is 20.9 Å². The van der Waals surface area contributed by atoms with Gasteiger partial charge in [-0.3, -0.25) is 9.59 Å². The van der Waals surface area contributed by atoms with E-state index in [2.05, 4.69) is 61.7 Å². The van der Waals surface area contributed by atoms with Crippen LogP contribution in [0.1, 0.15) is 110 Å². The van der Waals surface area contributed by atoms with Gasteiger partial charge in [-0.2, -0.15) is 0 Å². The first-order chi connectivity index (χ1) is 18.4. The van der Waals surface area contributed by atoms with Crippen LogP contribution in [0.3, 0.4) is 0 Å². The Balaban J connectivity index is 4.05. The number of nitrogens with one attached hydrogen (secondary N) is 1. The van der Waals surface area contributed by atoms with Crippen LogP contribution in [0, 0.1) is 0 Å². The lowest BCUT2D eigenvalue weighted by Gasteiger charge is -2.17. The molecule has 38 heavy (non-hydrogen) atoms. The van der Waals surface area contributed by atoms with Gasteiger partial charge in [-0.1, -0.05) is 75.3 Å². The van der Waals surface area contributed by atoms with Crippen LogP contribution in [0.4, 0.5) is 0 Å². The second-order valence-electron chi connectivity index (χ2n) is 9.43. The van der Waals surface area contributed by atoms with Crippen LogP contribution in [0.2, 0.25) is 0 Å². The Morgan fingerprint density at radius 2 is 1.42 bits per heavy atom. The molecule has 0 radical (unpaired) electrons. The third-order valence-corrected chi connectivity index (χ3v) is 5.90. The summed E-state index contributed by atoms with van der Waals surface area (Å²) in [5.41, 5.74) is 5.42. The van der Waals surface area contributed by atoms with Crippen LogP contribution in [0.15, 0.2) is 48.6 Å². The molecule has 0 spiro atoms. The predicted molar refractivity (Wildman–Crippen MR) is 156 cm³/mol. The summed E-state index contributed by atoms with van der Waals surface area (Å²) in [6.07, 6.45) is 28.0. The van der Waals surface area contributed by atoms with Crippen molar-refractivity contribution >= 4 is 17.8 Å². The zero-order chi connectivity index (χ0) is 28.3. The van der Waals surface area contributed by atoms with E-state index >= 15 is 0 Å². The van der Waals surface area contributed by atoms with Crippen LogP contribution in [-0.4, -0.2) is 41.6 Å². The first-order valence-corrected chi connectivity index (χ1v) is 14.5. The molecule has 1 amide bonds. The zero-order valence-electron chi connectivity index (χ0n) is 23.7. The summed E-state index contributed by atoms with van der Waals surface area (Å²) >= 11 is 0. The van der Waals surface area contributed by atoms with Gasteiger partial charge in [0.25, 0.3) is 0 Å². The number of aliphatic carboxylic acids is 1. The maximum atomic E-state index is 12.2. The third kappa shape index (κ3) is 22.5. The van der Waals surface area contributed by atoms with Crippen molar-refractivity contribution in [1.82, 2.24) is 5.32 Å². The SMILES string of the molecule is CC/C=C\C/C=C\C/C=C\C/C=C\CCC(=O)OC(CCC)CCCCCC(=O)NC(CCCN)C(=O)O. The minimum atomic E-state index is -1.03. The van der Waals surface area contributed by atoms with Gasteiger partial charge in [-0.05, 0) is 77.2 Å². The average Bonchev–Trinajstić information content (AvgIpc) is 2.88. The summed E-state index contributed by atoms with van der Waals surface area (Å²) in [4.78, 5) is 35.5. The molecule has 7 nitrogen and oxygen atoms in total. The number of carbonyl (C=O) groups is 3. The number of amides is 1. The second-order valence-corrected chi connectivity index (χ2v) is 9.43. The van der Waals surface area contributed by atoms with E-state index in [9.17, 15) is 19.5 Å². The summed E-state index contributed by atoms with van der Waals surface area (Å²) in [6.45, 7) is 4.60. The van der Waals surface area contributed by atoms with E-state index in [1.807, 2.05) is 6.08 Å². The normalized spacial score (nSPS) is 13.6. The zero-order valence-corrected chi connectivity index (χ0v) is 23.7. The number of carboxylic acid groups (broad SMARTS) is 1. The summed E-state index contributed by atoms with van der Waals surface area (Å²) in [7, 11) is 0. The molecule has 0 bridgehead atoms.